The molecular formula is C27H27F3N2O3. The molecule has 0 bridgehead atoms. The molecule has 1 saturated heterocycles. The SMILES string of the molecule is C/C(=N\C(=O)c1ccc2c(Oc3ccc(C(F)(F)F)cc3)cccc2c1)C1CCN(CCO)CC1. The number of aliphatic imine (C=N–C) groups is 1. The first kappa shape index (κ1) is 24.9. The number of benzene rings is 3. The Morgan fingerprint density at radius 3 is 2.46 bits per heavy atom. The lowest BCUT2D eigenvalue weighted by molar-refractivity contribution is -0.137. The zero-order chi connectivity index (χ0) is 25.0. The van der Waals surface area contributed by atoms with Gasteiger partial charge >= 0.3 is 6.18 Å². The maximum absolute atomic E-state index is 12.8. The number of hydrogen-bond acceptors (Lipinski definition) is 4. The number of carbonyl (C=O) groups is 1. The van der Waals surface area contributed by atoms with E-state index in [2.05, 4.69) is 9.89 Å². The quantitative estimate of drug-likeness (QED) is 0.439. The van der Waals surface area contributed by atoms with E-state index < -0.39 is 11.7 Å². The van der Waals surface area contributed by atoms with Gasteiger partial charge in [-0.2, -0.15) is 13.2 Å². The number of likely N-dealkylation sites (tertiary alicyclic amines) is 1. The van der Waals surface area contributed by atoms with Crippen LogP contribution in [0.5, 0.6) is 11.5 Å². The van der Waals surface area contributed by atoms with Crippen LogP contribution in [0.4, 0.5) is 13.2 Å². The molecule has 1 amide bonds. The van der Waals surface area contributed by atoms with Gasteiger partial charge in [0, 0.05) is 23.2 Å². The molecule has 0 atom stereocenters. The van der Waals surface area contributed by atoms with E-state index in [1.807, 2.05) is 13.0 Å². The molecule has 184 valence electrons. The van der Waals surface area contributed by atoms with E-state index >= 15 is 0 Å². The Kier molecular flexibility index (Phi) is 7.52. The molecular weight excluding hydrogens is 457 g/mol. The predicted molar refractivity (Wildman–Crippen MR) is 129 cm³/mol. The minimum absolute atomic E-state index is 0.148. The van der Waals surface area contributed by atoms with Crippen LogP contribution in [0.25, 0.3) is 10.8 Å². The molecule has 35 heavy (non-hydrogen) atoms. The Bertz CT molecular complexity index is 1210. The van der Waals surface area contributed by atoms with Crippen LogP contribution >= 0.6 is 0 Å². The summed E-state index contributed by atoms with van der Waals surface area (Å²) < 4.78 is 44.2. The summed E-state index contributed by atoms with van der Waals surface area (Å²) in [5.41, 5.74) is 0.539. The maximum atomic E-state index is 12.8. The molecule has 1 fully saturated rings. The summed E-state index contributed by atoms with van der Waals surface area (Å²) >= 11 is 0. The number of halogens is 3. The van der Waals surface area contributed by atoms with Crippen LogP contribution in [0.3, 0.4) is 0 Å². The molecule has 0 saturated carbocycles. The first-order valence-corrected chi connectivity index (χ1v) is 11.6. The Labute approximate surface area is 201 Å². The van der Waals surface area contributed by atoms with Gasteiger partial charge in [0.15, 0.2) is 0 Å². The highest BCUT2D eigenvalue weighted by Gasteiger charge is 2.30. The summed E-state index contributed by atoms with van der Waals surface area (Å²) in [6, 6.07) is 15.1. The van der Waals surface area contributed by atoms with Crippen LogP contribution in [0.2, 0.25) is 0 Å². The molecule has 0 aromatic heterocycles. The molecule has 1 N–H and O–H groups in total. The first-order chi connectivity index (χ1) is 16.7. The second kappa shape index (κ2) is 10.6. The van der Waals surface area contributed by atoms with Gasteiger partial charge in [-0.1, -0.05) is 12.1 Å². The molecule has 1 aliphatic heterocycles. The molecule has 0 radical (unpaired) electrons. The summed E-state index contributed by atoms with van der Waals surface area (Å²) in [6.45, 7) is 4.47. The van der Waals surface area contributed by atoms with E-state index in [-0.39, 0.29) is 24.2 Å². The first-order valence-electron chi connectivity index (χ1n) is 11.6. The number of piperidine rings is 1. The van der Waals surface area contributed by atoms with E-state index in [1.54, 1.807) is 30.3 Å². The van der Waals surface area contributed by atoms with Gasteiger partial charge in [-0.25, -0.2) is 4.99 Å². The van der Waals surface area contributed by atoms with E-state index in [0.717, 1.165) is 54.5 Å². The normalized spacial score (nSPS) is 16.0. The molecule has 3 aromatic carbocycles. The molecule has 0 spiro atoms. The number of aliphatic hydroxyl groups is 1. The number of aliphatic hydroxyl groups excluding tert-OH is 1. The number of carbonyl (C=O) groups excluding carboxylic acids is 1. The van der Waals surface area contributed by atoms with Crippen LogP contribution in [0.1, 0.15) is 35.7 Å². The van der Waals surface area contributed by atoms with Crippen molar-refractivity contribution >= 4 is 22.4 Å². The Hall–Kier alpha value is -3.23. The highest BCUT2D eigenvalue weighted by atomic mass is 19.4. The van der Waals surface area contributed by atoms with E-state index in [9.17, 15) is 18.0 Å². The van der Waals surface area contributed by atoms with Crippen molar-refractivity contribution in [2.75, 3.05) is 26.2 Å². The van der Waals surface area contributed by atoms with Crippen molar-refractivity contribution < 1.29 is 27.8 Å². The lowest BCUT2D eigenvalue weighted by atomic mass is 9.92. The van der Waals surface area contributed by atoms with Gasteiger partial charge in [-0.3, -0.25) is 4.79 Å². The van der Waals surface area contributed by atoms with Gasteiger partial charge in [0.1, 0.15) is 11.5 Å². The number of hydrogen-bond donors (Lipinski definition) is 1. The summed E-state index contributed by atoms with van der Waals surface area (Å²) in [7, 11) is 0. The number of β-amino-alcohol motifs (C(OH)–C–C–N with tert-alkyl or cyclic N) is 1. The van der Waals surface area contributed by atoms with Crippen molar-refractivity contribution in [3.8, 4) is 11.5 Å². The average Bonchev–Trinajstić information content (AvgIpc) is 2.84. The fraction of sp³-hybridized carbons (Fsp3) is 0.333. The summed E-state index contributed by atoms with van der Waals surface area (Å²) in [4.78, 5) is 19.4. The largest absolute Gasteiger partial charge is 0.457 e. The van der Waals surface area contributed by atoms with E-state index in [1.165, 1.54) is 12.1 Å². The highest BCUT2D eigenvalue weighted by Crippen LogP contribution is 2.34. The van der Waals surface area contributed by atoms with Crippen molar-refractivity contribution in [1.29, 1.82) is 0 Å². The number of rotatable bonds is 6. The second-order valence-corrected chi connectivity index (χ2v) is 8.71. The van der Waals surface area contributed by atoms with Crippen LogP contribution < -0.4 is 4.74 Å². The van der Waals surface area contributed by atoms with Gasteiger partial charge in [-0.05, 0) is 92.7 Å². The predicted octanol–water partition coefficient (Wildman–Crippen LogP) is 5.96. The van der Waals surface area contributed by atoms with Gasteiger partial charge < -0.3 is 14.7 Å². The Morgan fingerprint density at radius 2 is 1.80 bits per heavy atom. The summed E-state index contributed by atoms with van der Waals surface area (Å²) in [5, 5.41) is 10.6. The zero-order valence-electron chi connectivity index (χ0n) is 19.4. The van der Waals surface area contributed by atoms with Crippen molar-refractivity contribution in [1.82, 2.24) is 4.90 Å². The van der Waals surface area contributed by atoms with E-state index in [0.29, 0.717) is 17.9 Å². The molecule has 4 rings (SSSR count). The minimum Gasteiger partial charge on any atom is -0.457 e. The van der Waals surface area contributed by atoms with Crippen molar-refractivity contribution in [3.05, 3.63) is 71.8 Å². The van der Waals surface area contributed by atoms with Crippen molar-refractivity contribution in [3.63, 3.8) is 0 Å². The fourth-order valence-corrected chi connectivity index (χ4v) is 4.35. The molecule has 5 nitrogen and oxygen atoms in total. The lowest BCUT2D eigenvalue weighted by Gasteiger charge is -2.31. The maximum Gasteiger partial charge on any atom is 0.416 e. The number of fused-ring (bicyclic) bond motifs is 1. The average molecular weight is 485 g/mol. The molecule has 1 heterocycles. The van der Waals surface area contributed by atoms with Crippen molar-refractivity contribution in [2.24, 2.45) is 10.9 Å². The molecule has 3 aromatic rings. The van der Waals surface area contributed by atoms with Gasteiger partial charge in [0.05, 0.1) is 12.2 Å². The highest BCUT2D eigenvalue weighted by molar-refractivity contribution is 6.06. The molecule has 8 heteroatoms. The number of alkyl halides is 3. The monoisotopic (exact) mass is 484 g/mol. The van der Waals surface area contributed by atoms with Crippen molar-refractivity contribution in [2.45, 2.75) is 25.9 Å². The standard InChI is InChI=1S/C27H27F3N2O3/c1-18(19-11-13-32(14-12-19)15-16-33)31-26(34)21-5-10-24-20(17-21)3-2-4-25(24)35-23-8-6-22(7-9-23)27(28,29)30/h2-10,17,19,33H,11-16H2,1H3/b31-18+. The van der Waals surface area contributed by atoms with E-state index in [4.69, 9.17) is 9.84 Å². The number of ether oxygens (including phenoxy) is 1. The smallest absolute Gasteiger partial charge is 0.416 e. The number of amides is 1. The zero-order valence-corrected chi connectivity index (χ0v) is 19.4. The van der Waals surface area contributed by atoms with Crippen LogP contribution in [0.15, 0.2) is 65.7 Å². The lowest BCUT2D eigenvalue weighted by Crippen LogP contribution is -2.37. The number of nitrogens with zero attached hydrogens (tertiary/aromatic N) is 2. The minimum atomic E-state index is -4.40. The van der Waals surface area contributed by atoms with Crippen LogP contribution in [-0.4, -0.2) is 47.9 Å². The topological polar surface area (TPSA) is 62.1 Å². The third-order valence-electron chi connectivity index (χ3n) is 6.37. The Balaban J connectivity index is 1.48. The molecule has 1 aliphatic rings. The molecule has 0 aliphatic carbocycles. The summed E-state index contributed by atoms with van der Waals surface area (Å²) in [5.74, 6) is 0.709. The summed E-state index contributed by atoms with van der Waals surface area (Å²) in [6.07, 6.45) is -2.59. The van der Waals surface area contributed by atoms with Gasteiger partial charge in [-0.15, -0.1) is 0 Å². The van der Waals surface area contributed by atoms with Crippen LogP contribution in [-0.2, 0) is 6.18 Å². The Morgan fingerprint density at radius 1 is 1.09 bits per heavy atom. The van der Waals surface area contributed by atoms with Gasteiger partial charge in [0.2, 0.25) is 0 Å². The molecule has 0 unspecified atom stereocenters. The van der Waals surface area contributed by atoms with Crippen LogP contribution in [0, 0.1) is 5.92 Å². The second-order valence-electron chi connectivity index (χ2n) is 8.71. The third-order valence-corrected chi connectivity index (χ3v) is 6.37. The van der Waals surface area contributed by atoms with Gasteiger partial charge in [0.25, 0.3) is 5.91 Å². The fourth-order valence-electron chi connectivity index (χ4n) is 4.35. The third kappa shape index (κ3) is 6.07.